The van der Waals surface area contributed by atoms with E-state index in [-0.39, 0.29) is 5.91 Å². The molecular formula is C20H15N2O4S2-. The van der Waals surface area contributed by atoms with Crippen LogP contribution >= 0.6 is 24.0 Å². The van der Waals surface area contributed by atoms with Crippen molar-refractivity contribution in [3.05, 3.63) is 76.2 Å². The van der Waals surface area contributed by atoms with Crippen molar-refractivity contribution in [3.8, 4) is 0 Å². The zero-order valence-corrected chi connectivity index (χ0v) is 16.4. The molecule has 8 heteroatoms. The van der Waals surface area contributed by atoms with E-state index < -0.39 is 17.9 Å². The van der Waals surface area contributed by atoms with Crippen molar-refractivity contribution in [2.45, 2.75) is 6.04 Å². The van der Waals surface area contributed by atoms with Gasteiger partial charge in [-0.3, -0.25) is 14.5 Å². The summed E-state index contributed by atoms with van der Waals surface area (Å²) in [7, 11) is 1.62. The number of likely N-dealkylation sites (N-methyl/N-ethyl adjacent to an activating group) is 1. The Morgan fingerprint density at radius 1 is 1.14 bits per heavy atom. The van der Waals surface area contributed by atoms with E-state index in [1.54, 1.807) is 67.7 Å². The minimum absolute atomic E-state index is 0.170. The summed E-state index contributed by atoms with van der Waals surface area (Å²) in [6.45, 7) is 0. The molecule has 3 rings (SSSR count). The number of carbonyl (C=O) groups is 3. The van der Waals surface area contributed by atoms with Crippen molar-refractivity contribution in [1.29, 1.82) is 0 Å². The Kier molecular flexibility index (Phi) is 5.91. The number of amides is 2. The second-order valence-corrected chi connectivity index (χ2v) is 7.67. The van der Waals surface area contributed by atoms with E-state index in [0.717, 1.165) is 5.56 Å². The molecule has 1 saturated heterocycles. The van der Waals surface area contributed by atoms with Crippen molar-refractivity contribution in [3.63, 3.8) is 0 Å². The number of thiocarbonyl (C=S) groups is 1. The van der Waals surface area contributed by atoms with Gasteiger partial charge in [0.15, 0.2) is 0 Å². The molecule has 2 amide bonds. The Labute approximate surface area is 171 Å². The van der Waals surface area contributed by atoms with Gasteiger partial charge in [0, 0.05) is 12.6 Å². The largest absolute Gasteiger partial charge is 0.548 e. The third kappa shape index (κ3) is 4.29. The van der Waals surface area contributed by atoms with Gasteiger partial charge in [0.05, 0.1) is 16.9 Å². The van der Waals surface area contributed by atoms with Crippen LogP contribution in [0.3, 0.4) is 0 Å². The van der Waals surface area contributed by atoms with Gasteiger partial charge in [-0.05, 0) is 29.3 Å². The minimum atomic E-state index is -1.39. The number of carbonyl (C=O) groups excluding carboxylic acids is 3. The molecule has 0 unspecified atom stereocenters. The Morgan fingerprint density at radius 3 is 2.32 bits per heavy atom. The second-order valence-electron chi connectivity index (χ2n) is 6.00. The quantitative estimate of drug-likeness (QED) is 0.596. The summed E-state index contributed by atoms with van der Waals surface area (Å²) in [4.78, 5) is 37.8. The van der Waals surface area contributed by atoms with Crippen LogP contribution in [0.15, 0.2) is 59.5 Å². The predicted molar refractivity (Wildman–Crippen MR) is 109 cm³/mol. The SMILES string of the molecule is CN1C(=O)/C(=C\c2ccc(C(=O)N[C@H](C(=O)[O-])c3ccccc3)cc2)SC1=S. The Morgan fingerprint density at radius 2 is 1.79 bits per heavy atom. The standard InChI is InChI=1S/C20H16N2O4S2/c1-22-18(24)15(28-20(22)27)11-12-7-9-14(10-8-12)17(23)21-16(19(25)26)13-5-3-2-4-6-13/h2-11,16H,1H3,(H,21,23)(H,25,26)/p-1/b15-11+/t16-/m0/s1. The summed E-state index contributed by atoms with van der Waals surface area (Å²) in [5.41, 5.74) is 1.45. The zero-order valence-electron chi connectivity index (χ0n) is 14.7. The van der Waals surface area contributed by atoms with Crippen LogP contribution in [-0.2, 0) is 9.59 Å². The average Bonchev–Trinajstić information content (AvgIpc) is 2.93. The molecule has 0 bridgehead atoms. The topological polar surface area (TPSA) is 89.5 Å². The molecule has 28 heavy (non-hydrogen) atoms. The molecule has 6 nitrogen and oxygen atoms in total. The number of nitrogens with one attached hydrogen (secondary N) is 1. The number of carboxylic acid groups (broad SMARTS) is 1. The van der Waals surface area contributed by atoms with Crippen LogP contribution in [0.25, 0.3) is 6.08 Å². The van der Waals surface area contributed by atoms with Crippen molar-refractivity contribution in [2.24, 2.45) is 0 Å². The fourth-order valence-electron chi connectivity index (χ4n) is 2.57. The number of rotatable bonds is 5. The Hall–Kier alpha value is -2.97. The van der Waals surface area contributed by atoms with Gasteiger partial charge in [-0.25, -0.2) is 0 Å². The highest BCUT2D eigenvalue weighted by molar-refractivity contribution is 8.26. The summed E-state index contributed by atoms with van der Waals surface area (Å²) in [5, 5.41) is 13.9. The summed E-state index contributed by atoms with van der Waals surface area (Å²) >= 11 is 6.30. The first-order chi connectivity index (χ1) is 13.4. The molecular weight excluding hydrogens is 396 g/mol. The molecule has 0 aliphatic carbocycles. The number of hydrogen-bond acceptors (Lipinski definition) is 6. The maximum absolute atomic E-state index is 12.4. The number of hydrogen-bond donors (Lipinski definition) is 1. The number of nitrogens with zero attached hydrogens (tertiary/aromatic N) is 1. The van der Waals surface area contributed by atoms with Gasteiger partial charge in [0.2, 0.25) is 0 Å². The molecule has 2 aromatic rings. The molecule has 1 aliphatic rings. The van der Waals surface area contributed by atoms with Crippen LogP contribution in [0.2, 0.25) is 0 Å². The van der Waals surface area contributed by atoms with Gasteiger partial charge < -0.3 is 15.2 Å². The molecule has 0 aromatic heterocycles. The lowest BCUT2D eigenvalue weighted by molar-refractivity contribution is -0.308. The van der Waals surface area contributed by atoms with Crippen molar-refractivity contribution in [1.82, 2.24) is 10.2 Å². The summed E-state index contributed by atoms with van der Waals surface area (Å²) < 4.78 is 0.487. The monoisotopic (exact) mass is 411 g/mol. The van der Waals surface area contributed by atoms with Gasteiger partial charge in [-0.15, -0.1) is 0 Å². The van der Waals surface area contributed by atoms with Crippen molar-refractivity contribution in [2.75, 3.05) is 7.05 Å². The number of aliphatic carboxylic acids is 1. The van der Waals surface area contributed by atoms with Gasteiger partial charge >= 0.3 is 0 Å². The summed E-state index contributed by atoms with van der Waals surface area (Å²) in [6, 6.07) is 13.6. The number of benzene rings is 2. The average molecular weight is 411 g/mol. The first kappa shape index (κ1) is 19.8. The molecule has 0 radical (unpaired) electrons. The van der Waals surface area contributed by atoms with E-state index in [0.29, 0.717) is 20.4 Å². The van der Waals surface area contributed by atoms with Crippen LogP contribution in [0, 0.1) is 0 Å². The van der Waals surface area contributed by atoms with E-state index in [1.807, 2.05) is 0 Å². The van der Waals surface area contributed by atoms with Crippen LogP contribution in [0.5, 0.6) is 0 Å². The highest BCUT2D eigenvalue weighted by Crippen LogP contribution is 2.31. The molecule has 1 heterocycles. The lowest BCUT2D eigenvalue weighted by Crippen LogP contribution is -2.41. The van der Waals surface area contributed by atoms with E-state index in [1.165, 1.54) is 16.7 Å². The lowest BCUT2D eigenvalue weighted by atomic mass is 10.1. The molecule has 2 aromatic carbocycles. The third-order valence-electron chi connectivity index (χ3n) is 4.10. The van der Waals surface area contributed by atoms with Crippen molar-refractivity contribution >= 4 is 52.2 Å². The van der Waals surface area contributed by atoms with Crippen LogP contribution in [0.1, 0.15) is 27.5 Å². The van der Waals surface area contributed by atoms with E-state index >= 15 is 0 Å². The molecule has 142 valence electrons. The molecule has 1 N–H and O–H groups in total. The summed E-state index contributed by atoms with van der Waals surface area (Å²) in [6.07, 6.45) is 1.69. The fraction of sp³-hybridized carbons (Fsp3) is 0.100. The van der Waals surface area contributed by atoms with Gasteiger partial charge in [-0.1, -0.05) is 66.4 Å². The fourth-order valence-corrected chi connectivity index (χ4v) is 3.75. The highest BCUT2D eigenvalue weighted by atomic mass is 32.2. The lowest BCUT2D eigenvalue weighted by Gasteiger charge is -2.20. The first-order valence-corrected chi connectivity index (χ1v) is 9.47. The van der Waals surface area contributed by atoms with Gasteiger partial charge in [-0.2, -0.15) is 0 Å². The van der Waals surface area contributed by atoms with Crippen molar-refractivity contribution < 1.29 is 19.5 Å². The predicted octanol–water partition coefficient (Wildman–Crippen LogP) is 1.74. The van der Waals surface area contributed by atoms with Crippen LogP contribution in [-0.4, -0.2) is 34.1 Å². The first-order valence-electron chi connectivity index (χ1n) is 8.25. The second kappa shape index (κ2) is 8.37. The minimum Gasteiger partial charge on any atom is -0.548 e. The third-order valence-corrected chi connectivity index (χ3v) is 5.59. The van der Waals surface area contributed by atoms with E-state index in [9.17, 15) is 19.5 Å². The molecule has 1 fully saturated rings. The zero-order chi connectivity index (χ0) is 20.3. The van der Waals surface area contributed by atoms with Crippen LogP contribution < -0.4 is 10.4 Å². The molecule has 0 spiro atoms. The normalized spacial score (nSPS) is 16.3. The van der Waals surface area contributed by atoms with Crippen LogP contribution in [0.4, 0.5) is 0 Å². The smallest absolute Gasteiger partial charge is 0.265 e. The molecule has 1 aliphatic heterocycles. The molecule has 0 saturated carbocycles. The Balaban J connectivity index is 1.74. The van der Waals surface area contributed by atoms with Gasteiger partial charge in [0.25, 0.3) is 11.8 Å². The molecule has 1 atom stereocenters. The van der Waals surface area contributed by atoms with Gasteiger partial charge in [0.1, 0.15) is 4.32 Å². The Bertz CT molecular complexity index is 971. The maximum atomic E-state index is 12.4. The van der Waals surface area contributed by atoms with E-state index in [4.69, 9.17) is 12.2 Å². The highest BCUT2D eigenvalue weighted by Gasteiger charge is 2.28. The number of carboxylic acids is 1. The van der Waals surface area contributed by atoms with E-state index in [2.05, 4.69) is 5.32 Å². The summed E-state index contributed by atoms with van der Waals surface area (Å²) in [5.74, 6) is -2.10. The number of thioether (sulfide) groups is 1. The maximum Gasteiger partial charge on any atom is 0.265 e.